The summed E-state index contributed by atoms with van der Waals surface area (Å²) in [7, 11) is 1.48. The summed E-state index contributed by atoms with van der Waals surface area (Å²) in [4.78, 5) is 33.7. The molecule has 14 atom stereocenters. The van der Waals surface area contributed by atoms with Crippen molar-refractivity contribution >= 4 is 28.0 Å². The second kappa shape index (κ2) is 30.2. The number of Topliss-reactive ketones (excluding diaryl/α,β-unsaturated/α-hetero) is 2. The number of aryl methyl sites for hydroxylation is 1. The molecule has 5 aliphatic rings. The van der Waals surface area contributed by atoms with E-state index in [2.05, 4.69) is 96.0 Å². The summed E-state index contributed by atoms with van der Waals surface area (Å²) < 4.78 is 5.69. The number of anilines is 1. The normalized spacial score (nSPS) is 28.1. The highest BCUT2D eigenvalue weighted by molar-refractivity contribution is 6.06. The molecule has 6 aromatic rings. The van der Waals surface area contributed by atoms with Crippen LogP contribution in [0.4, 0.5) is 5.69 Å². The Morgan fingerprint density at radius 1 is 0.763 bits per heavy atom. The fourth-order valence-corrected chi connectivity index (χ4v) is 16.1. The Hall–Kier alpha value is -7.68. The van der Waals surface area contributed by atoms with Gasteiger partial charge in [-0.2, -0.15) is 0 Å². The van der Waals surface area contributed by atoms with Crippen molar-refractivity contribution in [3.05, 3.63) is 183 Å². The van der Waals surface area contributed by atoms with Crippen LogP contribution in [0, 0.1) is 59.2 Å². The Labute approximate surface area is 547 Å². The van der Waals surface area contributed by atoms with E-state index in [1.165, 1.54) is 7.11 Å². The van der Waals surface area contributed by atoms with Crippen LogP contribution in [0.3, 0.4) is 0 Å². The van der Waals surface area contributed by atoms with Crippen molar-refractivity contribution in [2.24, 2.45) is 47.3 Å². The maximum Gasteiger partial charge on any atom is 0.173 e. The number of hydrogen-bond donors (Lipinski definition) is 12. The highest BCUT2D eigenvalue weighted by Crippen LogP contribution is 2.49. The minimum atomic E-state index is -1.93. The third-order valence-corrected chi connectivity index (χ3v) is 21.2. The number of methoxy groups -OCH3 is 1. The Balaban J connectivity index is 1.05. The number of phenols is 3. The first-order valence-corrected chi connectivity index (χ1v) is 33.9. The lowest BCUT2D eigenvalue weighted by Gasteiger charge is -2.36. The first-order valence-electron chi connectivity index (χ1n) is 33.9. The summed E-state index contributed by atoms with van der Waals surface area (Å²) in [6, 6.07) is 28.9. The van der Waals surface area contributed by atoms with Gasteiger partial charge in [0, 0.05) is 91.8 Å². The number of carbonyl (C=O) groups excluding carboxylic acids is 2. The minimum Gasteiger partial charge on any atom is -0.508 e. The van der Waals surface area contributed by atoms with Gasteiger partial charge in [0.05, 0.1) is 31.8 Å². The van der Waals surface area contributed by atoms with Crippen LogP contribution in [-0.2, 0) is 41.9 Å². The molecule has 2 aliphatic heterocycles. The van der Waals surface area contributed by atoms with Crippen LogP contribution in [0.2, 0.25) is 0 Å². The van der Waals surface area contributed by atoms with Gasteiger partial charge in [0.2, 0.25) is 0 Å². The second-order valence-corrected chi connectivity index (χ2v) is 27.3. The van der Waals surface area contributed by atoms with E-state index in [0.29, 0.717) is 92.2 Å². The van der Waals surface area contributed by atoms with Crippen LogP contribution < -0.4 is 20.7 Å². The predicted molar refractivity (Wildman–Crippen MR) is 363 cm³/mol. The van der Waals surface area contributed by atoms with E-state index in [-0.39, 0.29) is 109 Å². The molecule has 93 heavy (non-hydrogen) atoms. The number of hydrogen-bond acceptors (Lipinski definition) is 14. The first kappa shape index (κ1) is 66.8. The Morgan fingerprint density at radius 2 is 1.58 bits per heavy atom. The maximum atomic E-state index is 15.6. The number of rotatable bonds is 11. The number of dihydropyridines is 1. The highest BCUT2D eigenvalue weighted by atomic mass is 16.5. The zero-order valence-electron chi connectivity index (χ0n) is 54.2. The molecule has 9 bridgehead atoms. The van der Waals surface area contributed by atoms with Gasteiger partial charge in [-0.3, -0.25) is 9.59 Å². The molecule has 12 N–H and O–H groups in total. The maximum absolute atomic E-state index is 15.6. The zero-order chi connectivity index (χ0) is 65.4. The lowest BCUT2D eigenvalue weighted by Crippen LogP contribution is -2.40. The number of fused-ring (bicyclic) bond motifs is 9. The Bertz CT molecular complexity index is 3800. The number of carbonyl (C=O) groups is 2. The fourth-order valence-electron chi connectivity index (χ4n) is 16.1. The number of aromatic hydroxyl groups is 3. The Kier molecular flexibility index (Phi) is 21.7. The Morgan fingerprint density at radius 3 is 2.37 bits per heavy atom. The number of H-pyrrole nitrogens is 1. The van der Waals surface area contributed by atoms with Gasteiger partial charge in [-0.1, -0.05) is 112 Å². The molecular formula is C78H94N4O11. The van der Waals surface area contributed by atoms with Crippen LogP contribution in [0.15, 0.2) is 133 Å². The molecule has 0 radical (unpaired) electrons. The highest BCUT2D eigenvalue weighted by Gasteiger charge is 2.45. The number of ether oxygens (including phenoxy) is 1. The molecule has 1 fully saturated rings. The van der Waals surface area contributed by atoms with Gasteiger partial charge >= 0.3 is 0 Å². The molecule has 0 saturated heterocycles. The molecular weight excluding hydrogens is 1170 g/mol. The van der Waals surface area contributed by atoms with Crippen molar-refractivity contribution < 1.29 is 55.2 Å². The third kappa shape index (κ3) is 15.1. The van der Waals surface area contributed by atoms with Gasteiger partial charge in [0.15, 0.2) is 29.2 Å². The smallest absolute Gasteiger partial charge is 0.173 e. The third-order valence-electron chi connectivity index (χ3n) is 21.2. The van der Waals surface area contributed by atoms with Gasteiger partial charge in [0.1, 0.15) is 17.3 Å². The predicted octanol–water partition coefficient (Wildman–Crippen LogP) is 11.1. The lowest BCUT2D eigenvalue weighted by atomic mass is 9.71. The number of aliphatic hydroxyl groups is 5. The zero-order valence-corrected chi connectivity index (χ0v) is 54.2. The number of allylic oxidation sites excluding steroid dienone is 4. The SMILES string of the molecule is CCCC1C(O)Cc2cc(c[nH]2)C(C)CNCC(O)Cc2ccc3ccc(cc3c2O)NC2=CC(=CCN2)C(CCCO)C2CC3C#CC(c4ccccc4C4C=CC(Cc5cccc(O)c5CO)C(C)C4)c4cc(O)c(OC)cc4CCC(=O)C(O)C(=O)C3CC1C2. The van der Waals surface area contributed by atoms with E-state index in [4.69, 9.17) is 4.74 Å². The topological polar surface area (TPSA) is 257 Å². The standard InChI is InChI=1S/C78H94N4O11/c1-5-10-63-56-32-55(61(14-9-28-83)53-26-27-80-75(37-53)82-58-23-20-47-16-19-54(76(90)68(47)38-58)34-60(85)43-79-41-46(3)57-33-59(81-42-57)39-72(63)88)31-51-21-24-65(66-40-73(89)74(93-4)36-52(66)22-25-71(87)78(92)77(91)67(51)35-56)64-13-7-6-12-62(64)50-18-17-48(45(2)29-50)30-49-11-8-15-70(86)69(49)44-84/h6-8,11-13,15-20,23,26,33,36-38,40,42,45-46,48,50-51,55-56,60-61,63,65,67,72,78-86,88-90,92H,5,9-10,14,22,25,27-32,34-35,39,41,43-44H2,1-4H3. The number of aliphatic hydroxyl groups excluding tert-OH is 5. The second-order valence-electron chi connectivity index (χ2n) is 27.3. The van der Waals surface area contributed by atoms with Gasteiger partial charge < -0.3 is 66.5 Å². The molecule has 0 amide bonds. The van der Waals surface area contributed by atoms with Crippen molar-refractivity contribution in [2.45, 2.75) is 147 Å². The van der Waals surface area contributed by atoms with Crippen LogP contribution in [0.1, 0.15) is 147 Å². The molecule has 14 unspecified atom stereocenters. The molecule has 11 rings (SSSR count). The van der Waals surface area contributed by atoms with Crippen molar-refractivity contribution in [1.29, 1.82) is 0 Å². The van der Waals surface area contributed by atoms with Crippen LogP contribution in [0.25, 0.3) is 10.8 Å². The number of benzene rings is 5. The summed E-state index contributed by atoms with van der Waals surface area (Å²) in [5, 5.41) is 104. The van der Waals surface area contributed by atoms with E-state index in [0.717, 1.165) is 63.3 Å². The fraction of sp³-hybridized carbons (Fsp3) is 0.462. The van der Waals surface area contributed by atoms with Crippen molar-refractivity contribution in [3.63, 3.8) is 0 Å². The van der Waals surface area contributed by atoms with E-state index >= 15 is 4.79 Å². The summed E-state index contributed by atoms with van der Waals surface area (Å²) in [5.41, 5.74) is 9.11. The minimum absolute atomic E-state index is 0.0458. The summed E-state index contributed by atoms with van der Waals surface area (Å²) >= 11 is 0. The van der Waals surface area contributed by atoms with E-state index in [1.54, 1.807) is 18.2 Å². The van der Waals surface area contributed by atoms with Gasteiger partial charge in [0.25, 0.3) is 0 Å². The molecule has 1 aromatic heterocycles. The quantitative estimate of drug-likeness (QED) is 0.0327. The summed E-state index contributed by atoms with van der Waals surface area (Å²) in [5.74, 6) is 4.61. The van der Waals surface area contributed by atoms with Crippen LogP contribution in [0.5, 0.6) is 23.0 Å². The first-order chi connectivity index (χ1) is 45.0. The van der Waals surface area contributed by atoms with Gasteiger partial charge in [-0.15, -0.1) is 0 Å². The van der Waals surface area contributed by atoms with E-state index in [9.17, 15) is 45.6 Å². The number of β-amino-alcohol motifs (C(OH)–C–C–N with tert-alkyl or cyclic N) is 1. The van der Waals surface area contributed by atoms with Gasteiger partial charge in [-0.05, 0) is 192 Å². The number of ketones is 2. The average molecular weight is 1260 g/mol. The molecule has 3 heterocycles. The molecule has 492 valence electrons. The van der Waals surface area contributed by atoms with Gasteiger partial charge in [-0.25, -0.2) is 0 Å². The molecule has 1 saturated carbocycles. The van der Waals surface area contributed by atoms with Crippen molar-refractivity contribution in [3.8, 4) is 34.8 Å². The average Bonchev–Trinajstić information content (AvgIpc) is 1.59. The van der Waals surface area contributed by atoms with E-state index < -0.39 is 47.6 Å². The lowest BCUT2D eigenvalue weighted by molar-refractivity contribution is -0.142. The van der Waals surface area contributed by atoms with E-state index in [1.807, 2.05) is 60.8 Å². The molecule has 15 nitrogen and oxygen atoms in total. The summed E-state index contributed by atoms with van der Waals surface area (Å²) in [6.45, 7) is 7.53. The van der Waals surface area contributed by atoms with Crippen molar-refractivity contribution in [2.75, 3.05) is 38.7 Å². The van der Waals surface area contributed by atoms with Crippen LogP contribution >= 0.6 is 0 Å². The monoisotopic (exact) mass is 1260 g/mol. The van der Waals surface area contributed by atoms with Crippen molar-refractivity contribution in [1.82, 2.24) is 15.6 Å². The molecule has 5 aromatic carbocycles. The number of phenolic OH excluding ortho intramolecular Hbond substituents is 2. The molecule has 0 spiro atoms. The molecule has 15 heteroatoms. The number of nitrogens with one attached hydrogen (secondary N) is 4. The largest absolute Gasteiger partial charge is 0.508 e. The number of aromatic amines is 1. The van der Waals surface area contributed by atoms with Crippen LogP contribution in [-0.4, -0.2) is 109 Å². The summed E-state index contributed by atoms with van der Waals surface area (Å²) in [6.07, 6.45) is 13.0. The molecule has 3 aliphatic carbocycles. The number of aromatic nitrogens is 1.